The zero-order valence-electron chi connectivity index (χ0n) is 9.18. The molecule has 17 heavy (non-hydrogen) atoms. The number of benzene rings is 2. The quantitative estimate of drug-likeness (QED) is 0.640. The molecule has 0 bridgehead atoms. The van der Waals surface area contributed by atoms with Gasteiger partial charge in [0.1, 0.15) is 4.99 Å². The second-order valence-electron chi connectivity index (χ2n) is 3.65. The summed E-state index contributed by atoms with van der Waals surface area (Å²) in [5, 5.41) is 8.19. The minimum absolute atomic E-state index is 0.321. The molecule has 0 fully saturated rings. The van der Waals surface area contributed by atoms with E-state index in [0.717, 1.165) is 16.7 Å². The van der Waals surface area contributed by atoms with Gasteiger partial charge in [-0.2, -0.15) is 0 Å². The van der Waals surface area contributed by atoms with Gasteiger partial charge in [0.15, 0.2) is 0 Å². The molecule has 0 amide bonds. The first-order chi connectivity index (χ1) is 8.20. The number of nitrogens with one attached hydrogen (secondary N) is 1. The lowest BCUT2D eigenvalue weighted by Gasteiger charge is -2.09. The highest BCUT2D eigenvalue weighted by Gasteiger charge is 2.10. The van der Waals surface area contributed by atoms with Crippen LogP contribution in [0.15, 0.2) is 54.6 Å². The summed E-state index contributed by atoms with van der Waals surface area (Å²) in [5.74, 6) is 0. The molecule has 2 aromatic carbocycles. The number of hydrogen-bond donors (Lipinski definition) is 2. The van der Waals surface area contributed by atoms with Crippen LogP contribution in [0.4, 0.5) is 0 Å². The molecule has 0 heterocycles. The molecule has 0 radical (unpaired) electrons. The van der Waals surface area contributed by atoms with E-state index in [-0.39, 0.29) is 0 Å². The first kappa shape index (κ1) is 11.5. The van der Waals surface area contributed by atoms with Crippen LogP contribution in [-0.4, -0.2) is 10.7 Å². The predicted molar refractivity (Wildman–Crippen MR) is 74.7 cm³/mol. The fraction of sp³-hybridized carbons (Fsp3) is 0. The van der Waals surface area contributed by atoms with Gasteiger partial charge in [-0.05, 0) is 0 Å². The standard InChI is InChI=1S/C14H12N2S/c15-13(10-6-2-1-3-7-10)11-8-4-5-9-12(11)14(16)17/h1-9,15H,(H2,16,17). The van der Waals surface area contributed by atoms with Gasteiger partial charge in [0, 0.05) is 16.7 Å². The third-order valence-corrected chi connectivity index (χ3v) is 2.74. The van der Waals surface area contributed by atoms with Gasteiger partial charge in [0.05, 0.1) is 5.71 Å². The molecule has 0 unspecified atom stereocenters. The summed E-state index contributed by atoms with van der Waals surface area (Å²) in [6, 6.07) is 17.0. The van der Waals surface area contributed by atoms with Crippen LogP contribution >= 0.6 is 12.2 Å². The number of rotatable bonds is 3. The molecule has 0 spiro atoms. The summed E-state index contributed by atoms with van der Waals surface area (Å²) in [5.41, 5.74) is 8.48. The largest absolute Gasteiger partial charge is 0.389 e. The van der Waals surface area contributed by atoms with Crippen LogP contribution in [0.5, 0.6) is 0 Å². The van der Waals surface area contributed by atoms with Gasteiger partial charge >= 0.3 is 0 Å². The van der Waals surface area contributed by atoms with E-state index < -0.39 is 0 Å². The molecule has 0 saturated carbocycles. The van der Waals surface area contributed by atoms with Crippen molar-refractivity contribution < 1.29 is 0 Å². The molecule has 3 heteroatoms. The van der Waals surface area contributed by atoms with Crippen molar-refractivity contribution in [3.05, 3.63) is 71.3 Å². The van der Waals surface area contributed by atoms with Crippen molar-refractivity contribution >= 4 is 22.9 Å². The van der Waals surface area contributed by atoms with Crippen LogP contribution in [0.1, 0.15) is 16.7 Å². The Balaban J connectivity index is 2.48. The number of nitrogens with two attached hydrogens (primary N) is 1. The molecule has 0 aliphatic heterocycles. The van der Waals surface area contributed by atoms with E-state index in [1.54, 1.807) is 0 Å². The summed E-state index contributed by atoms with van der Waals surface area (Å²) >= 11 is 5.00. The van der Waals surface area contributed by atoms with Crippen molar-refractivity contribution in [3.63, 3.8) is 0 Å². The number of thiocarbonyl (C=S) groups is 1. The van der Waals surface area contributed by atoms with Crippen LogP contribution in [0, 0.1) is 5.41 Å². The molecule has 2 rings (SSSR count). The normalized spacial score (nSPS) is 9.88. The molecule has 3 N–H and O–H groups in total. The van der Waals surface area contributed by atoms with E-state index in [0.29, 0.717) is 10.7 Å². The molecule has 84 valence electrons. The SMILES string of the molecule is N=C(c1ccccc1)c1ccccc1C(N)=S. The molecule has 0 atom stereocenters. The van der Waals surface area contributed by atoms with Gasteiger partial charge in [0.2, 0.25) is 0 Å². The van der Waals surface area contributed by atoms with E-state index in [4.69, 9.17) is 23.4 Å². The topological polar surface area (TPSA) is 49.9 Å². The van der Waals surface area contributed by atoms with E-state index >= 15 is 0 Å². The van der Waals surface area contributed by atoms with Gasteiger partial charge in [-0.25, -0.2) is 0 Å². The fourth-order valence-electron chi connectivity index (χ4n) is 1.68. The van der Waals surface area contributed by atoms with E-state index in [1.165, 1.54) is 0 Å². The summed E-state index contributed by atoms with van der Waals surface area (Å²) in [7, 11) is 0. The molecule has 2 nitrogen and oxygen atoms in total. The lowest BCUT2D eigenvalue weighted by atomic mass is 9.98. The Labute approximate surface area is 106 Å². The third kappa shape index (κ3) is 2.40. The predicted octanol–water partition coefficient (Wildman–Crippen LogP) is 2.74. The van der Waals surface area contributed by atoms with Crippen molar-refractivity contribution in [2.75, 3.05) is 0 Å². The Morgan fingerprint density at radius 2 is 1.41 bits per heavy atom. The van der Waals surface area contributed by atoms with Crippen LogP contribution in [-0.2, 0) is 0 Å². The van der Waals surface area contributed by atoms with Crippen molar-refractivity contribution in [1.29, 1.82) is 5.41 Å². The van der Waals surface area contributed by atoms with Gasteiger partial charge < -0.3 is 5.73 Å². The van der Waals surface area contributed by atoms with Crippen molar-refractivity contribution in [2.45, 2.75) is 0 Å². The molecular weight excluding hydrogens is 228 g/mol. The minimum Gasteiger partial charge on any atom is -0.389 e. The smallest absolute Gasteiger partial charge is 0.104 e. The zero-order chi connectivity index (χ0) is 12.3. The molecule has 0 saturated heterocycles. The van der Waals surface area contributed by atoms with Crippen molar-refractivity contribution in [2.24, 2.45) is 5.73 Å². The van der Waals surface area contributed by atoms with Crippen LogP contribution in [0.3, 0.4) is 0 Å². The van der Waals surface area contributed by atoms with Crippen LogP contribution in [0.2, 0.25) is 0 Å². The first-order valence-corrected chi connectivity index (χ1v) is 5.64. The maximum absolute atomic E-state index is 8.19. The number of hydrogen-bond acceptors (Lipinski definition) is 2. The van der Waals surface area contributed by atoms with Gasteiger partial charge in [-0.3, -0.25) is 5.41 Å². The lowest BCUT2D eigenvalue weighted by Crippen LogP contribution is -2.15. The Morgan fingerprint density at radius 1 is 0.882 bits per heavy atom. The molecular formula is C14H12N2S. The van der Waals surface area contributed by atoms with Gasteiger partial charge in [-0.15, -0.1) is 0 Å². The van der Waals surface area contributed by atoms with Gasteiger partial charge in [-0.1, -0.05) is 66.8 Å². The fourth-order valence-corrected chi connectivity index (χ4v) is 1.85. The minimum atomic E-state index is 0.321. The summed E-state index contributed by atoms with van der Waals surface area (Å²) in [6.07, 6.45) is 0. The molecule has 0 aliphatic rings. The monoisotopic (exact) mass is 240 g/mol. The summed E-state index contributed by atoms with van der Waals surface area (Å²) < 4.78 is 0. The summed E-state index contributed by atoms with van der Waals surface area (Å²) in [4.78, 5) is 0.321. The van der Waals surface area contributed by atoms with E-state index in [9.17, 15) is 0 Å². The maximum atomic E-state index is 8.19. The van der Waals surface area contributed by atoms with Crippen LogP contribution in [0.25, 0.3) is 0 Å². The highest BCUT2D eigenvalue weighted by Crippen LogP contribution is 2.14. The highest BCUT2D eigenvalue weighted by atomic mass is 32.1. The average Bonchev–Trinajstić information content (AvgIpc) is 2.39. The van der Waals surface area contributed by atoms with Crippen molar-refractivity contribution in [3.8, 4) is 0 Å². The maximum Gasteiger partial charge on any atom is 0.104 e. The second kappa shape index (κ2) is 4.89. The molecule has 0 aromatic heterocycles. The third-order valence-electron chi connectivity index (χ3n) is 2.52. The van der Waals surface area contributed by atoms with Crippen molar-refractivity contribution in [1.82, 2.24) is 0 Å². The van der Waals surface area contributed by atoms with E-state index in [1.807, 2.05) is 54.6 Å². The zero-order valence-corrected chi connectivity index (χ0v) is 10.00. The summed E-state index contributed by atoms with van der Waals surface area (Å²) in [6.45, 7) is 0. The Kier molecular flexibility index (Phi) is 3.30. The first-order valence-electron chi connectivity index (χ1n) is 5.23. The highest BCUT2D eigenvalue weighted by molar-refractivity contribution is 7.80. The second-order valence-corrected chi connectivity index (χ2v) is 4.09. The Morgan fingerprint density at radius 3 is 2.00 bits per heavy atom. The molecule has 0 aliphatic carbocycles. The Bertz CT molecular complexity index is 561. The van der Waals surface area contributed by atoms with Gasteiger partial charge in [0.25, 0.3) is 0 Å². The van der Waals surface area contributed by atoms with Crippen LogP contribution < -0.4 is 5.73 Å². The lowest BCUT2D eigenvalue weighted by molar-refractivity contribution is 1.44. The Hall–Kier alpha value is -2.00. The average molecular weight is 240 g/mol. The van der Waals surface area contributed by atoms with E-state index in [2.05, 4.69) is 0 Å². The molecule has 2 aromatic rings.